The van der Waals surface area contributed by atoms with Gasteiger partial charge in [0.05, 0.1) is 17.9 Å². The van der Waals surface area contributed by atoms with Crippen molar-refractivity contribution in [3.05, 3.63) is 92.3 Å². The molecule has 38 heavy (non-hydrogen) atoms. The average Bonchev–Trinajstić information content (AvgIpc) is 3.19. The second-order valence-electron chi connectivity index (χ2n) is 9.60. The van der Waals surface area contributed by atoms with E-state index in [9.17, 15) is 13.6 Å². The summed E-state index contributed by atoms with van der Waals surface area (Å²) in [6.07, 6.45) is 2.50. The van der Waals surface area contributed by atoms with Crippen LogP contribution in [0.1, 0.15) is 36.1 Å². The Morgan fingerprint density at radius 2 is 1.89 bits per heavy atom. The first-order chi connectivity index (χ1) is 18.3. The molecule has 0 radical (unpaired) electrons. The summed E-state index contributed by atoms with van der Waals surface area (Å²) < 4.78 is 32.6. The molecular formula is C26H17Cl2F2N7O. The summed E-state index contributed by atoms with van der Waals surface area (Å²) in [5.41, 5.74) is 8.80. The summed E-state index contributed by atoms with van der Waals surface area (Å²) in [6, 6.07) is 11.2. The average molecular weight is 552 g/mol. The van der Waals surface area contributed by atoms with Crippen molar-refractivity contribution in [2.75, 3.05) is 5.73 Å². The number of hydrogen-bond acceptors (Lipinski definition) is 6. The molecule has 1 saturated carbocycles. The highest BCUT2D eigenvalue weighted by Crippen LogP contribution is 2.60. The Kier molecular flexibility index (Phi) is 5.08. The fraction of sp³-hybridized carbons (Fsp3) is 0.192. The van der Waals surface area contributed by atoms with Gasteiger partial charge < -0.3 is 10.3 Å². The number of benzene rings is 1. The van der Waals surface area contributed by atoms with Crippen LogP contribution in [-0.2, 0) is 0 Å². The first-order valence-corrected chi connectivity index (χ1v) is 12.6. The van der Waals surface area contributed by atoms with Crippen molar-refractivity contribution in [2.45, 2.75) is 24.8 Å². The molecule has 5 heterocycles. The number of nitrogens with zero attached hydrogens (tertiary/aromatic N) is 6. The molecule has 1 aliphatic carbocycles. The Morgan fingerprint density at radius 1 is 1.05 bits per heavy atom. The summed E-state index contributed by atoms with van der Waals surface area (Å²) in [5.74, 6) is -1.35. The number of aliphatic imine (C=N–C) groups is 1. The third-order valence-corrected chi connectivity index (χ3v) is 7.78. The van der Waals surface area contributed by atoms with E-state index in [2.05, 4.69) is 20.3 Å². The van der Waals surface area contributed by atoms with Gasteiger partial charge in [0.15, 0.2) is 5.15 Å². The SMILES string of the molecule is Nc1ccc(C2=C(F)N=C([C@@H]3[C@H]4C[C@H]4c4cc(-c5cc(Cl)ccc5-n5cc(Cl)nn5)cc(=O)n43)C2)c(F)n1. The van der Waals surface area contributed by atoms with Gasteiger partial charge in [0.25, 0.3) is 5.56 Å². The number of nitrogen functional groups attached to an aromatic ring is 1. The molecule has 0 unspecified atom stereocenters. The normalized spacial score (nSPS) is 21.5. The number of allylic oxidation sites excluding steroid dienone is 1. The predicted molar refractivity (Wildman–Crippen MR) is 140 cm³/mol. The van der Waals surface area contributed by atoms with Crippen LogP contribution >= 0.6 is 23.2 Å². The van der Waals surface area contributed by atoms with Crippen molar-refractivity contribution in [3.8, 4) is 16.8 Å². The molecule has 8 nitrogen and oxygen atoms in total. The van der Waals surface area contributed by atoms with Crippen LogP contribution in [0.2, 0.25) is 10.2 Å². The molecular weight excluding hydrogens is 535 g/mol. The second-order valence-corrected chi connectivity index (χ2v) is 10.4. The van der Waals surface area contributed by atoms with Gasteiger partial charge in [0.2, 0.25) is 11.9 Å². The molecule has 1 fully saturated rings. The zero-order valence-corrected chi connectivity index (χ0v) is 21.0. The van der Waals surface area contributed by atoms with Gasteiger partial charge in [-0.2, -0.15) is 8.78 Å². The Morgan fingerprint density at radius 3 is 2.66 bits per heavy atom. The predicted octanol–water partition coefficient (Wildman–Crippen LogP) is 5.36. The first kappa shape index (κ1) is 23.2. The molecule has 7 rings (SSSR count). The van der Waals surface area contributed by atoms with E-state index in [1.807, 2.05) is 6.07 Å². The van der Waals surface area contributed by atoms with Crippen molar-refractivity contribution in [2.24, 2.45) is 10.9 Å². The number of rotatable bonds is 4. The highest BCUT2D eigenvalue weighted by atomic mass is 35.5. The van der Waals surface area contributed by atoms with E-state index in [-0.39, 0.29) is 45.9 Å². The minimum absolute atomic E-state index is 0.00840. The Bertz CT molecular complexity index is 1790. The first-order valence-electron chi connectivity index (χ1n) is 11.8. The summed E-state index contributed by atoms with van der Waals surface area (Å²) in [6.45, 7) is 0. The maximum atomic E-state index is 14.9. The van der Waals surface area contributed by atoms with Crippen molar-refractivity contribution < 1.29 is 8.78 Å². The number of anilines is 1. The maximum absolute atomic E-state index is 14.9. The van der Waals surface area contributed by atoms with Gasteiger partial charge in [0, 0.05) is 51.5 Å². The fourth-order valence-corrected chi connectivity index (χ4v) is 5.97. The van der Waals surface area contributed by atoms with Crippen LogP contribution in [0.4, 0.5) is 14.6 Å². The number of pyridine rings is 2. The lowest BCUT2D eigenvalue weighted by Crippen LogP contribution is -2.29. The van der Waals surface area contributed by atoms with Gasteiger partial charge in [-0.15, -0.1) is 5.10 Å². The zero-order chi connectivity index (χ0) is 26.3. The van der Waals surface area contributed by atoms with Crippen molar-refractivity contribution in [3.63, 3.8) is 0 Å². The molecule has 2 aliphatic heterocycles. The smallest absolute Gasteiger partial charge is 0.251 e. The number of halogens is 4. The van der Waals surface area contributed by atoms with E-state index in [4.69, 9.17) is 28.9 Å². The van der Waals surface area contributed by atoms with E-state index in [0.29, 0.717) is 27.5 Å². The number of aromatic nitrogens is 5. The number of hydrogen-bond donors (Lipinski definition) is 1. The van der Waals surface area contributed by atoms with Crippen LogP contribution in [0.5, 0.6) is 0 Å². The van der Waals surface area contributed by atoms with Crippen LogP contribution in [0.25, 0.3) is 22.4 Å². The lowest BCUT2D eigenvalue weighted by Gasteiger charge is -2.20. The van der Waals surface area contributed by atoms with E-state index in [1.54, 1.807) is 29.0 Å². The van der Waals surface area contributed by atoms with Gasteiger partial charge >= 0.3 is 0 Å². The fourth-order valence-electron chi connectivity index (χ4n) is 5.67. The molecule has 0 saturated heterocycles. The van der Waals surface area contributed by atoms with Gasteiger partial charge in [0.1, 0.15) is 5.82 Å². The van der Waals surface area contributed by atoms with E-state index < -0.39 is 17.9 Å². The molecule has 0 bridgehead atoms. The minimum Gasteiger partial charge on any atom is -0.384 e. The van der Waals surface area contributed by atoms with E-state index >= 15 is 0 Å². The summed E-state index contributed by atoms with van der Waals surface area (Å²) >= 11 is 12.3. The van der Waals surface area contributed by atoms with Crippen molar-refractivity contribution >= 4 is 40.3 Å². The zero-order valence-electron chi connectivity index (χ0n) is 19.4. The largest absolute Gasteiger partial charge is 0.384 e. The molecule has 3 atom stereocenters. The molecule has 3 aromatic heterocycles. The topological polar surface area (TPSA) is 104 Å². The van der Waals surface area contributed by atoms with Crippen LogP contribution < -0.4 is 11.3 Å². The Hall–Kier alpha value is -3.89. The molecule has 2 N–H and O–H groups in total. The van der Waals surface area contributed by atoms with Crippen molar-refractivity contribution in [1.29, 1.82) is 0 Å². The highest BCUT2D eigenvalue weighted by molar-refractivity contribution is 6.31. The van der Waals surface area contributed by atoms with Gasteiger partial charge in [-0.25, -0.2) is 14.7 Å². The summed E-state index contributed by atoms with van der Waals surface area (Å²) in [7, 11) is 0. The van der Waals surface area contributed by atoms with E-state index in [1.165, 1.54) is 22.9 Å². The minimum atomic E-state index is -0.851. The highest BCUT2D eigenvalue weighted by Gasteiger charge is 2.55. The Labute approximate surface area is 224 Å². The van der Waals surface area contributed by atoms with Crippen LogP contribution in [0.15, 0.2) is 64.4 Å². The van der Waals surface area contributed by atoms with Gasteiger partial charge in [-0.3, -0.25) is 4.79 Å². The third kappa shape index (κ3) is 3.58. The molecule has 0 amide bonds. The van der Waals surface area contributed by atoms with Gasteiger partial charge in [-0.1, -0.05) is 28.4 Å². The molecule has 3 aliphatic rings. The Balaban J connectivity index is 1.27. The lowest BCUT2D eigenvalue weighted by atomic mass is 9.98. The van der Waals surface area contributed by atoms with E-state index in [0.717, 1.165) is 12.1 Å². The molecule has 1 aromatic carbocycles. The molecule has 12 heteroatoms. The van der Waals surface area contributed by atoms with Crippen LogP contribution in [0.3, 0.4) is 0 Å². The molecule has 4 aromatic rings. The lowest BCUT2D eigenvalue weighted by molar-refractivity contribution is 0.578. The summed E-state index contributed by atoms with van der Waals surface area (Å²) in [4.78, 5) is 21.3. The van der Waals surface area contributed by atoms with Gasteiger partial charge in [-0.05, 0) is 54.3 Å². The van der Waals surface area contributed by atoms with Crippen LogP contribution in [0, 0.1) is 11.9 Å². The quantitative estimate of drug-likeness (QED) is 0.271. The second kappa shape index (κ2) is 8.31. The number of fused-ring (bicyclic) bond motifs is 3. The molecule has 190 valence electrons. The van der Waals surface area contributed by atoms with Crippen molar-refractivity contribution in [1.82, 2.24) is 24.5 Å². The van der Waals surface area contributed by atoms with Crippen LogP contribution in [-0.4, -0.2) is 30.3 Å². The monoisotopic (exact) mass is 551 g/mol. The maximum Gasteiger partial charge on any atom is 0.251 e. The third-order valence-electron chi connectivity index (χ3n) is 7.37. The summed E-state index contributed by atoms with van der Waals surface area (Å²) in [5, 5.41) is 8.62. The number of nitrogens with two attached hydrogens (primary N) is 1. The standard InChI is InChI=1S/C26H17Cl2F2N7O/c27-12-1-3-19(36-10-21(28)34-35-36)14(7-12)11-5-20-15-8-16(15)24(37(20)23(38)6-11)18-9-17(26(30)32-18)13-2-4-22(31)33-25(13)29/h1-7,10,15-16,24H,8-9H2,(H2,31,33)/t15-,16+,24+/m1/s1. The molecule has 0 spiro atoms.